The minimum absolute atomic E-state index is 0.00706. The monoisotopic (exact) mass is 378 g/mol. The Morgan fingerprint density at radius 2 is 1.39 bits per heavy atom. The predicted molar refractivity (Wildman–Crippen MR) is 113 cm³/mol. The first-order valence-electron chi connectivity index (χ1n) is 10.2. The van der Waals surface area contributed by atoms with Gasteiger partial charge >= 0.3 is 0 Å². The Labute approximate surface area is 167 Å². The number of carbonyl (C=O) groups is 2. The quantitative estimate of drug-likeness (QED) is 0.782. The van der Waals surface area contributed by atoms with Crippen LogP contribution in [0.3, 0.4) is 0 Å². The molecule has 1 aliphatic rings. The van der Waals surface area contributed by atoms with Crippen molar-refractivity contribution < 1.29 is 9.59 Å². The smallest absolute Gasteiger partial charge is 0.227 e. The summed E-state index contributed by atoms with van der Waals surface area (Å²) in [6.45, 7) is 4.69. The fourth-order valence-corrected chi connectivity index (χ4v) is 3.97. The summed E-state index contributed by atoms with van der Waals surface area (Å²) in [7, 11) is 0. The van der Waals surface area contributed by atoms with Gasteiger partial charge in [-0.3, -0.25) is 9.59 Å². The number of aryl methyl sites for hydroxylation is 2. The van der Waals surface area contributed by atoms with E-state index >= 15 is 0 Å². The Bertz CT molecular complexity index is 788. The van der Waals surface area contributed by atoms with Crippen LogP contribution in [0.4, 0.5) is 5.69 Å². The average molecular weight is 379 g/mol. The van der Waals surface area contributed by atoms with E-state index in [-0.39, 0.29) is 23.7 Å². The lowest BCUT2D eigenvalue weighted by molar-refractivity contribution is -0.128. The molecule has 0 heterocycles. The van der Waals surface area contributed by atoms with E-state index in [2.05, 4.69) is 22.8 Å². The van der Waals surface area contributed by atoms with Gasteiger partial charge in [0.15, 0.2) is 0 Å². The Kier molecular flexibility index (Phi) is 6.85. The highest BCUT2D eigenvalue weighted by Gasteiger charge is 2.30. The number of benzene rings is 2. The molecule has 28 heavy (non-hydrogen) atoms. The Morgan fingerprint density at radius 3 is 2.00 bits per heavy atom. The van der Waals surface area contributed by atoms with Crippen LogP contribution in [0.15, 0.2) is 48.5 Å². The van der Waals surface area contributed by atoms with Crippen molar-refractivity contribution in [2.24, 2.45) is 11.8 Å². The SMILES string of the molecule is Cc1cccc(C)c1NC(=O)C1CCC(C(=O)NCCc2ccccc2)CC1. The van der Waals surface area contributed by atoms with Crippen LogP contribution in [0.1, 0.15) is 42.4 Å². The molecule has 0 atom stereocenters. The summed E-state index contributed by atoms with van der Waals surface area (Å²) in [5.41, 5.74) is 4.32. The van der Waals surface area contributed by atoms with Crippen molar-refractivity contribution in [3.05, 3.63) is 65.2 Å². The molecule has 0 aromatic heterocycles. The molecular formula is C24H30N2O2. The van der Waals surface area contributed by atoms with Gasteiger partial charge in [-0.1, -0.05) is 48.5 Å². The molecule has 3 rings (SSSR count). The van der Waals surface area contributed by atoms with Crippen LogP contribution in [0, 0.1) is 25.7 Å². The minimum Gasteiger partial charge on any atom is -0.356 e. The van der Waals surface area contributed by atoms with Gasteiger partial charge in [0, 0.05) is 24.1 Å². The maximum Gasteiger partial charge on any atom is 0.227 e. The number of hydrogen-bond donors (Lipinski definition) is 2. The molecule has 2 N–H and O–H groups in total. The van der Waals surface area contributed by atoms with E-state index in [1.54, 1.807) is 0 Å². The first-order chi connectivity index (χ1) is 13.5. The molecule has 0 saturated heterocycles. The van der Waals surface area contributed by atoms with E-state index in [1.807, 2.05) is 50.2 Å². The molecular weight excluding hydrogens is 348 g/mol. The van der Waals surface area contributed by atoms with Crippen LogP contribution in [0.5, 0.6) is 0 Å². The first-order valence-corrected chi connectivity index (χ1v) is 10.2. The average Bonchev–Trinajstić information content (AvgIpc) is 2.71. The summed E-state index contributed by atoms with van der Waals surface area (Å²) >= 11 is 0. The summed E-state index contributed by atoms with van der Waals surface area (Å²) in [5, 5.41) is 6.17. The van der Waals surface area contributed by atoms with Crippen LogP contribution < -0.4 is 10.6 Å². The summed E-state index contributed by atoms with van der Waals surface area (Å²) in [4.78, 5) is 25.1. The number of carbonyl (C=O) groups excluding carboxylic acids is 2. The third-order valence-electron chi connectivity index (χ3n) is 5.75. The summed E-state index contributed by atoms with van der Waals surface area (Å²) in [6.07, 6.45) is 3.95. The van der Waals surface area contributed by atoms with E-state index in [1.165, 1.54) is 5.56 Å². The van der Waals surface area contributed by atoms with E-state index in [0.29, 0.717) is 6.54 Å². The Hall–Kier alpha value is -2.62. The van der Waals surface area contributed by atoms with Crippen LogP contribution in [-0.2, 0) is 16.0 Å². The largest absolute Gasteiger partial charge is 0.356 e. The van der Waals surface area contributed by atoms with E-state index in [9.17, 15) is 9.59 Å². The van der Waals surface area contributed by atoms with Crippen molar-refractivity contribution >= 4 is 17.5 Å². The second-order valence-corrected chi connectivity index (χ2v) is 7.83. The number of hydrogen-bond acceptors (Lipinski definition) is 2. The lowest BCUT2D eigenvalue weighted by Crippen LogP contribution is -2.36. The van der Waals surface area contributed by atoms with Gasteiger partial charge in [0.1, 0.15) is 0 Å². The molecule has 2 aromatic rings. The topological polar surface area (TPSA) is 58.2 Å². The van der Waals surface area contributed by atoms with Gasteiger partial charge in [-0.15, -0.1) is 0 Å². The first kappa shape index (κ1) is 20.1. The van der Waals surface area contributed by atoms with Crippen molar-refractivity contribution in [1.29, 1.82) is 0 Å². The molecule has 1 fully saturated rings. The second-order valence-electron chi connectivity index (χ2n) is 7.83. The molecule has 2 amide bonds. The molecule has 4 heteroatoms. The van der Waals surface area contributed by atoms with Crippen molar-refractivity contribution in [1.82, 2.24) is 5.32 Å². The normalized spacial score (nSPS) is 19.1. The summed E-state index contributed by atoms with van der Waals surface area (Å²) < 4.78 is 0. The van der Waals surface area contributed by atoms with Crippen LogP contribution >= 0.6 is 0 Å². The fraction of sp³-hybridized carbons (Fsp3) is 0.417. The molecule has 148 valence electrons. The van der Waals surface area contributed by atoms with Gasteiger partial charge in [0.2, 0.25) is 11.8 Å². The molecule has 4 nitrogen and oxygen atoms in total. The van der Waals surface area contributed by atoms with Gasteiger partial charge in [-0.2, -0.15) is 0 Å². The molecule has 0 radical (unpaired) electrons. The van der Waals surface area contributed by atoms with Crippen molar-refractivity contribution in [3.63, 3.8) is 0 Å². The molecule has 1 saturated carbocycles. The Morgan fingerprint density at radius 1 is 0.821 bits per heavy atom. The maximum atomic E-state index is 12.7. The van der Waals surface area contributed by atoms with Gasteiger partial charge in [-0.25, -0.2) is 0 Å². The molecule has 0 unspecified atom stereocenters. The van der Waals surface area contributed by atoms with Crippen molar-refractivity contribution in [3.8, 4) is 0 Å². The molecule has 0 aliphatic heterocycles. The van der Waals surface area contributed by atoms with Gasteiger partial charge in [-0.05, 0) is 62.6 Å². The zero-order valence-electron chi connectivity index (χ0n) is 16.8. The van der Waals surface area contributed by atoms with Gasteiger partial charge in [0.05, 0.1) is 0 Å². The highest BCUT2D eigenvalue weighted by atomic mass is 16.2. The predicted octanol–water partition coefficient (Wildman–Crippen LogP) is 4.41. The third-order valence-corrected chi connectivity index (χ3v) is 5.75. The number of anilines is 1. The van der Waals surface area contributed by atoms with Gasteiger partial charge in [0.25, 0.3) is 0 Å². The van der Waals surface area contributed by atoms with E-state index < -0.39 is 0 Å². The maximum absolute atomic E-state index is 12.7. The number of nitrogens with one attached hydrogen (secondary N) is 2. The van der Waals surface area contributed by atoms with E-state index in [0.717, 1.165) is 48.9 Å². The lowest BCUT2D eigenvalue weighted by Gasteiger charge is -2.27. The van der Waals surface area contributed by atoms with Crippen molar-refractivity contribution in [2.75, 3.05) is 11.9 Å². The zero-order valence-corrected chi connectivity index (χ0v) is 16.8. The zero-order chi connectivity index (χ0) is 19.9. The molecule has 0 bridgehead atoms. The van der Waals surface area contributed by atoms with Gasteiger partial charge < -0.3 is 10.6 Å². The molecule has 1 aliphatic carbocycles. The molecule has 0 spiro atoms. The number of para-hydroxylation sites is 1. The van der Waals surface area contributed by atoms with E-state index in [4.69, 9.17) is 0 Å². The van der Waals surface area contributed by atoms with Crippen LogP contribution in [0.25, 0.3) is 0 Å². The number of amides is 2. The number of rotatable bonds is 6. The minimum atomic E-state index is -0.00706. The summed E-state index contributed by atoms with van der Waals surface area (Å²) in [6, 6.07) is 16.2. The van der Waals surface area contributed by atoms with Crippen molar-refractivity contribution in [2.45, 2.75) is 46.0 Å². The standard InChI is InChI=1S/C24H30N2O2/c1-17-7-6-8-18(2)22(17)26-24(28)21-13-11-20(12-14-21)23(27)25-16-15-19-9-4-3-5-10-19/h3-10,20-21H,11-16H2,1-2H3,(H,25,27)(H,26,28). The van der Waals surface area contributed by atoms with Crippen LogP contribution in [0.2, 0.25) is 0 Å². The van der Waals surface area contributed by atoms with Crippen LogP contribution in [-0.4, -0.2) is 18.4 Å². The highest BCUT2D eigenvalue weighted by Crippen LogP contribution is 2.30. The second kappa shape index (κ2) is 9.54. The highest BCUT2D eigenvalue weighted by molar-refractivity contribution is 5.94. The fourth-order valence-electron chi connectivity index (χ4n) is 3.97. The third kappa shape index (κ3) is 5.22. The summed E-state index contributed by atoms with van der Waals surface area (Å²) in [5.74, 6) is 0.234. The Balaban J connectivity index is 1.43. The molecule has 2 aromatic carbocycles. The lowest BCUT2D eigenvalue weighted by atomic mass is 9.81.